The summed E-state index contributed by atoms with van der Waals surface area (Å²) in [6, 6.07) is 29.3. The standard InChI is InChI=1S/C27H30O6/c28-24-26(32-18-22-14-8-3-9-15-22)25(31-17-21-12-6-2-7-13-21)23(33-27(24)29)19-30-16-20-10-4-1-5-11-20/h1-15,23-29H,16-19H2/t23?,24-,25+,26?,27-/m1/s1. The van der Waals surface area contributed by atoms with E-state index < -0.39 is 30.7 Å². The highest BCUT2D eigenvalue weighted by molar-refractivity contribution is 5.15. The van der Waals surface area contributed by atoms with Crippen LogP contribution < -0.4 is 0 Å². The molecular formula is C27H30O6. The molecule has 0 radical (unpaired) electrons. The molecule has 0 amide bonds. The first-order chi connectivity index (χ1) is 16.2. The maximum Gasteiger partial charge on any atom is 0.184 e. The summed E-state index contributed by atoms with van der Waals surface area (Å²) in [6.45, 7) is 1.18. The van der Waals surface area contributed by atoms with Gasteiger partial charge in [-0.25, -0.2) is 0 Å². The smallest absolute Gasteiger partial charge is 0.184 e. The molecule has 3 aromatic rings. The second kappa shape index (κ2) is 12.0. The Bertz CT molecular complexity index is 937. The summed E-state index contributed by atoms with van der Waals surface area (Å²) in [5.74, 6) is 0. The first-order valence-electron chi connectivity index (χ1n) is 11.1. The summed E-state index contributed by atoms with van der Waals surface area (Å²) in [6.07, 6.45) is -4.68. The molecule has 6 nitrogen and oxygen atoms in total. The van der Waals surface area contributed by atoms with Crippen molar-refractivity contribution in [3.05, 3.63) is 108 Å². The van der Waals surface area contributed by atoms with Crippen molar-refractivity contribution in [1.82, 2.24) is 0 Å². The van der Waals surface area contributed by atoms with Crippen molar-refractivity contribution in [3.8, 4) is 0 Å². The van der Waals surface area contributed by atoms with E-state index in [9.17, 15) is 10.2 Å². The van der Waals surface area contributed by atoms with Crippen LogP contribution in [0, 0.1) is 0 Å². The molecule has 0 aromatic heterocycles. The zero-order valence-corrected chi connectivity index (χ0v) is 18.4. The van der Waals surface area contributed by atoms with Crippen LogP contribution in [0.5, 0.6) is 0 Å². The van der Waals surface area contributed by atoms with Gasteiger partial charge in [0.2, 0.25) is 0 Å². The lowest BCUT2D eigenvalue weighted by atomic mass is 9.98. The number of hydrogen-bond donors (Lipinski definition) is 2. The molecule has 0 saturated carbocycles. The van der Waals surface area contributed by atoms with Gasteiger partial charge in [-0.2, -0.15) is 0 Å². The Morgan fingerprint density at radius 1 is 0.606 bits per heavy atom. The predicted octanol–water partition coefficient (Wildman–Crippen LogP) is 3.45. The van der Waals surface area contributed by atoms with Crippen molar-refractivity contribution >= 4 is 0 Å². The van der Waals surface area contributed by atoms with Gasteiger partial charge in [0, 0.05) is 0 Å². The van der Waals surface area contributed by atoms with Crippen LogP contribution in [0.25, 0.3) is 0 Å². The molecule has 1 aliphatic rings. The highest BCUT2D eigenvalue weighted by atomic mass is 16.7. The number of aliphatic hydroxyl groups excluding tert-OH is 2. The minimum atomic E-state index is -1.40. The largest absolute Gasteiger partial charge is 0.385 e. The monoisotopic (exact) mass is 450 g/mol. The Labute approximate surface area is 194 Å². The molecule has 6 heteroatoms. The summed E-state index contributed by atoms with van der Waals surface area (Å²) >= 11 is 0. The van der Waals surface area contributed by atoms with E-state index in [2.05, 4.69) is 0 Å². The van der Waals surface area contributed by atoms with E-state index in [0.29, 0.717) is 13.2 Å². The molecule has 1 aliphatic heterocycles. The zero-order chi connectivity index (χ0) is 22.9. The molecular weight excluding hydrogens is 420 g/mol. The molecule has 0 aliphatic carbocycles. The SMILES string of the molecule is O[C@@H]1OC(COCc2ccccc2)[C@H](OCc2ccccc2)C(OCc2ccccc2)[C@H]1O. The fourth-order valence-electron chi connectivity index (χ4n) is 3.84. The van der Waals surface area contributed by atoms with E-state index in [4.69, 9.17) is 18.9 Å². The maximum absolute atomic E-state index is 10.7. The normalized spacial score (nSPS) is 25.1. The van der Waals surface area contributed by atoms with Crippen LogP contribution in [0.15, 0.2) is 91.0 Å². The quantitative estimate of drug-likeness (QED) is 0.493. The molecule has 0 spiro atoms. The van der Waals surface area contributed by atoms with Crippen LogP contribution in [0.1, 0.15) is 16.7 Å². The van der Waals surface area contributed by atoms with E-state index in [1.165, 1.54) is 0 Å². The Kier molecular flexibility index (Phi) is 8.60. The number of ether oxygens (including phenoxy) is 4. The van der Waals surface area contributed by atoms with Gasteiger partial charge in [0.05, 0.1) is 26.4 Å². The van der Waals surface area contributed by atoms with Crippen molar-refractivity contribution in [2.24, 2.45) is 0 Å². The third-order valence-electron chi connectivity index (χ3n) is 5.60. The molecule has 5 atom stereocenters. The van der Waals surface area contributed by atoms with Gasteiger partial charge in [-0.1, -0.05) is 91.0 Å². The minimum Gasteiger partial charge on any atom is -0.385 e. The number of rotatable bonds is 10. The fourth-order valence-corrected chi connectivity index (χ4v) is 3.84. The molecule has 3 aromatic carbocycles. The van der Waals surface area contributed by atoms with Crippen LogP contribution in [0.4, 0.5) is 0 Å². The van der Waals surface area contributed by atoms with E-state index in [0.717, 1.165) is 16.7 Å². The number of aliphatic hydroxyl groups is 2. The molecule has 0 bridgehead atoms. The Hall–Kier alpha value is -2.58. The van der Waals surface area contributed by atoms with Gasteiger partial charge in [0.1, 0.15) is 24.4 Å². The van der Waals surface area contributed by atoms with Gasteiger partial charge in [0.15, 0.2) is 6.29 Å². The third kappa shape index (κ3) is 6.71. The second-order valence-corrected chi connectivity index (χ2v) is 8.08. The van der Waals surface area contributed by atoms with Gasteiger partial charge in [-0.3, -0.25) is 0 Å². The zero-order valence-electron chi connectivity index (χ0n) is 18.4. The van der Waals surface area contributed by atoms with Gasteiger partial charge in [-0.15, -0.1) is 0 Å². The summed E-state index contributed by atoms with van der Waals surface area (Å²) in [4.78, 5) is 0. The Morgan fingerprint density at radius 3 is 1.58 bits per heavy atom. The fraction of sp³-hybridized carbons (Fsp3) is 0.333. The molecule has 33 heavy (non-hydrogen) atoms. The molecule has 174 valence electrons. The number of benzene rings is 3. The van der Waals surface area contributed by atoms with E-state index in [-0.39, 0.29) is 13.2 Å². The van der Waals surface area contributed by atoms with Crippen molar-refractivity contribution < 1.29 is 29.2 Å². The third-order valence-corrected chi connectivity index (χ3v) is 5.60. The summed E-state index contributed by atoms with van der Waals surface area (Å²) in [5.41, 5.74) is 2.99. The van der Waals surface area contributed by atoms with Crippen molar-refractivity contribution in [1.29, 1.82) is 0 Å². The van der Waals surface area contributed by atoms with Gasteiger partial charge in [-0.05, 0) is 16.7 Å². The first-order valence-corrected chi connectivity index (χ1v) is 11.1. The number of hydrogen-bond acceptors (Lipinski definition) is 6. The molecule has 1 heterocycles. The molecule has 1 fully saturated rings. The van der Waals surface area contributed by atoms with Crippen molar-refractivity contribution in [3.63, 3.8) is 0 Å². The van der Waals surface area contributed by atoms with Crippen LogP contribution in [0.2, 0.25) is 0 Å². The molecule has 1 saturated heterocycles. The van der Waals surface area contributed by atoms with Crippen LogP contribution in [0.3, 0.4) is 0 Å². The van der Waals surface area contributed by atoms with Crippen molar-refractivity contribution in [2.45, 2.75) is 50.5 Å². The first kappa shape index (κ1) is 23.6. The van der Waals surface area contributed by atoms with E-state index in [1.807, 2.05) is 91.0 Å². The predicted molar refractivity (Wildman–Crippen MR) is 123 cm³/mol. The Balaban J connectivity index is 1.46. The average Bonchev–Trinajstić information content (AvgIpc) is 2.86. The molecule has 4 rings (SSSR count). The van der Waals surface area contributed by atoms with Gasteiger partial charge in [0.25, 0.3) is 0 Å². The topological polar surface area (TPSA) is 77.4 Å². The molecule has 2 N–H and O–H groups in total. The minimum absolute atomic E-state index is 0.184. The molecule has 2 unspecified atom stereocenters. The lowest BCUT2D eigenvalue weighted by molar-refractivity contribution is -0.307. The highest BCUT2D eigenvalue weighted by Crippen LogP contribution is 2.27. The lowest BCUT2D eigenvalue weighted by Crippen LogP contribution is -2.60. The summed E-state index contributed by atoms with van der Waals surface area (Å²) in [7, 11) is 0. The van der Waals surface area contributed by atoms with E-state index in [1.54, 1.807) is 0 Å². The van der Waals surface area contributed by atoms with E-state index >= 15 is 0 Å². The lowest BCUT2D eigenvalue weighted by Gasteiger charge is -2.42. The Morgan fingerprint density at radius 2 is 1.06 bits per heavy atom. The summed E-state index contributed by atoms with van der Waals surface area (Å²) in [5, 5.41) is 21.1. The summed E-state index contributed by atoms with van der Waals surface area (Å²) < 4.78 is 23.9. The highest BCUT2D eigenvalue weighted by Gasteiger charge is 2.46. The van der Waals surface area contributed by atoms with Crippen molar-refractivity contribution in [2.75, 3.05) is 6.61 Å². The average molecular weight is 451 g/mol. The van der Waals surface area contributed by atoms with Crippen LogP contribution >= 0.6 is 0 Å². The van der Waals surface area contributed by atoms with Gasteiger partial charge < -0.3 is 29.2 Å². The maximum atomic E-state index is 10.7. The van der Waals surface area contributed by atoms with Gasteiger partial charge >= 0.3 is 0 Å². The van der Waals surface area contributed by atoms with Crippen LogP contribution in [-0.2, 0) is 38.8 Å². The second-order valence-electron chi connectivity index (χ2n) is 8.08. The van der Waals surface area contributed by atoms with Crippen LogP contribution in [-0.4, -0.2) is 47.5 Å².